The Morgan fingerprint density at radius 3 is 2.47 bits per heavy atom. The van der Waals surface area contributed by atoms with Gasteiger partial charge < -0.3 is 24.8 Å². The van der Waals surface area contributed by atoms with E-state index in [-0.39, 0.29) is 11.9 Å². The van der Waals surface area contributed by atoms with E-state index in [1.54, 1.807) is 0 Å². The van der Waals surface area contributed by atoms with Crippen molar-refractivity contribution in [2.24, 2.45) is 12.0 Å². The second kappa shape index (κ2) is 10.7. The number of hydrogen-bond donors (Lipinski definition) is 1. The Labute approximate surface area is 179 Å². The van der Waals surface area contributed by atoms with E-state index >= 15 is 0 Å². The Bertz CT molecular complexity index is 705. The van der Waals surface area contributed by atoms with Gasteiger partial charge in [-0.3, -0.25) is 19.4 Å². The molecular formula is C20H36N8O2. The molecule has 1 atom stereocenters. The Kier molecular flexibility index (Phi) is 8.06. The Hall–Kier alpha value is -2.17. The van der Waals surface area contributed by atoms with Crippen molar-refractivity contribution in [3.8, 4) is 0 Å². The van der Waals surface area contributed by atoms with E-state index < -0.39 is 0 Å². The van der Waals surface area contributed by atoms with Gasteiger partial charge in [-0.05, 0) is 14.1 Å². The smallest absolute Gasteiger partial charge is 0.236 e. The van der Waals surface area contributed by atoms with Gasteiger partial charge in [0.1, 0.15) is 0 Å². The first kappa shape index (κ1) is 22.5. The predicted molar refractivity (Wildman–Crippen MR) is 116 cm³/mol. The van der Waals surface area contributed by atoms with Crippen LogP contribution in [0.4, 0.5) is 0 Å². The third kappa shape index (κ3) is 5.93. The first-order chi connectivity index (χ1) is 14.5. The topological polar surface area (TPSA) is 81.5 Å². The largest absolute Gasteiger partial charge is 0.378 e. The molecule has 0 spiro atoms. The molecule has 3 rings (SSSR count). The molecule has 10 nitrogen and oxygen atoms in total. The number of hydrogen-bond acceptors (Lipinski definition) is 6. The molecule has 2 aliphatic heterocycles. The highest BCUT2D eigenvalue weighted by Gasteiger charge is 2.25. The summed E-state index contributed by atoms with van der Waals surface area (Å²) in [6.07, 6.45) is 3.97. The number of nitrogens with zero attached hydrogens (tertiary/aromatic N) is 7. The number of aryl methyl sites for hydroxylation is 1. The molecule has 1 unspecified atom stereocenters. The van der Waals surface area contributed by atoms with Crippen LogP contribution in [-0.2, 0) is 16.6 Å². The molecule has 1 aromatic rings. The molecule has 1 N–H and O–H groups in total. The number of aromatic nitrogens is 2. The van der Waals surface area contributed by atoms with Crippen molar-refractivity contribution in [3.63, 3.8) is 0 Å². The molecule has 3 heterocycles. The fraction of sp³-hybridized carbons (Fsp3) is 0.750. The molecule has 2 saturated heterocycles. The molecule has 2 aliphatic rings. The molecule has 0 radical (unpaired) electrons. The number of carbonyl (C=O) groups excluding carboxylic acids is 1. The monoisotopic (exact) mass is 420 g/mol. The van der Waals surface area contributed by atoms with Crippen molar-refractivity contribution < 1.29 is 9.53 Å². The van der Waals surface area contributed by atoms with E-state index in [4.69, 9.17) is 4.74 Å². The lowest BCUT2D eigenvalue weighted by Crippen LogP contribution is -2.55. The second-order valence-electron chi connectivity index (χ2n) is 8.11. The summed E-state index contributed by atoms with van der Waals surface area (Å²) in [5, 5.41) is 7.83. The van der Waals surface area contributed by atoms with Crippen molar-refractivity contribution >= 4 is 11.9 Å². The third-order valence-corrected chi connectivity index (χ3v) is 5.79. The summed E-state index contributed by atoms with van der Waals surface area (Å²) >= 11 is 0. The lowest BCUT2D eigenvalue weighted by atomic mass is 10.1. The molecule has 1 aromatic heterocycles. The number of nitrogens with one attached hydrogen (secondary N) is 1. The minimum absolute atomic E-state index is 0.208. The van der Waals surface area contributed by atoms with Gasteiger partial charge in [0, 0.05) is 71.7 Å². The Balaban J connectivity index is 1.46. The summed E-state index contributed by atoms with van der Waals surface area (Å²) in [6, 6.07) is 0.211. The highest BCUT2D eigenvalue weighted by atomic mass is 16.5. The number of carbonyl (C=O) groups is 1. The summed E-state index contributed by atoms with van der Waals surface area (Å²) in [5.41, 5.74) is 1.18. The average Bonchev–Trinajstić information content (AvgIpc) is 3.18. The van der Waals surface area contributed by atoms with Crippen LogP contribution in [0.5, 0.6) is 0 Å². The predicted octanol–water partition coefficient (Wildman–Crippen LogP) is -0.925. The standard InChI is InChI=1S/C20H36N8O2/c1-21-20(22-14-18(24(2)3)17-13-23-25(4)15-17)28-7-5-26(6-8-28)16-19(29)27-9-11-30-12-10-27/h13,15,18H,5-12,14,16H2,1-4H3,(H,21,22). The van der Waals surface area contributed by atoms with Crippen LogP contribution in [0.3, 0.4) is 0 Å². The fourth-order valence-corrected chi connectivity index (χ4v) is 3.95. The van der Waals surface area contributed by atoms with Crippen molar-refractivity contribution in [2.75, 3.05) is 86.7 Å². The fourth-order valence-electron chi connectivity index (χ4n) is 3.95. The minimum atomic E-state index is 0.208. The molecule has 168 valence electrons. The Morgan fingerprint density at radius 1 is 1.20 bits per heavy atom. The molecule has 2 fully saturated rings. The number of piperazine rings is 1. The summed E-state index contributed by atoms with van der Waals surface area (Å²) in [4.78, 5) is 25.6. The molecule has 0 aliphatic carbocycles. The number of aliphatic imine (C=N–C) groups is 1. The summed E-state index contributed by atoms with van der Waals surface area (Å²) in [5.74, 6) is 1.12. The van der Waals surface area contributed by atoms with Crippen molar-refractivity contribution in [2.45, 2.75) is 6.04 Å². The van der Waals surface area contributed by atoms with Gasteiger partial charge >= 0.3 is 0 Å². The second-order valence-corrected chi connectivity index (χ2v) is 8.11. The molecular weight excluding hydrogens is 384 g/mol. The van der Waals surface area contributed by atoms with Gasteiger partial charge in [0.05, 0.1) is 32.0 Å². The van der Waals surface area contributed by atoms with Gasteiger partial charge in [0.15, 0.2) is 5.96 Å². The number of amides is 1. The van der Waals surface area contributed by atoms with E-state index in [2.05, 4.69) is 50.4 Å². The van der Waals surface area contributed by atoms with Gasteiger partial charge in [0.2, 0.25) is 5.91 Å². The quantitative estimate of drug-likeness (QED) is 0.471. The highest BCUT2D eigenvalue weighted by Crippen LogP contribution is 2.16. The molecule has 0 bridgehead atoms. The number of likely N-dealkylation sites (N-methyl/N-ethyl adjacent to an activating group) is 1. The number of ether oxygens (including phenoxy) is 1. The number of rotatable bonds is 6. The van der Waals surface area contributed by atoms with Gasteiger partial charge in [-0.2, -0.15) is 5.10 Å². The zero-order valence-corrected chi connectivity index (χ0v) is 18.8. The van der Waals surface area contributed by atoms with Gasteiger partial charge in [-0.15, -0.1) is 0 Å². The number of morpholine rings is 1. The van der Waals surface area contributed by atoms with E-state index in [1.165, 1.54) is 5.56 Å². The van der Waals surface area contributed by atoms with E-state index in [1.807, 2.05) is 29.9 Å². The van der Waals surface area contributed by atoms with Crippen LogP contribution in [0.2, 0.25) is 0 Å². The van der Waals surface area contributed by atoms with Crippen molar-refractivity contribution in [1.29, 1.82) is 0 Å². The first-order valence-corrected chi connectivity index (χ1v) is 10.7. The zero-order valence-electron chi connectivity index (χ0n) is 18.8. The first-order valence-electron chi connectivity index (χ1n) is 10.7. The van der Waals surface area contributed by atoms with Crippen LogP contribution in [0.1, 0.15) is 11.6 Å². The summed E-state index contributed by atoms with van der Waals surface area (Å²) in [7, 11) is 7.91. The van der Waals surface area contributed by atoms with E-state index in [9.17, 15) is 4.79 Å². The molecule has 0 aromatic carbocycles. The van der Waals surface area contributed by atoms with E-state index in [0.717, 1.165) is 38.7 Å². The summed E-state index contributed by atoms with van der Waals surface area (Å²) in [6.45, 7) is 7.38. The molecule has 0 saturated carbocycles. The Morgan fingerprint density at radius 2 is 1.90 bits per heavy atom. The third-order valence-electron chi connectivity index (χ3n) is 5.79. The van der Waals surface area contributed by atoms with Crippen molar-refractivity contribution in [1.82, 2.24) is 34.7 Å². The van der Waals surface area contributed by atoms with Gasteiger partial charge in [0.25, 0.3) is 0 Å². The SMILES string of the molecule is CN=C(NCC(c1cnn(C)c1)N(C)C)N1CCN(CC(=O)N2CCOCC2)CC1. The zero-order chi connectivity index (χ0) is 21.5. The van der Waals surface area contributed by atoms with Crippen LogP contribution in [0.15, 0.2) is 17.4 Å². The van der Waals surface area contributed by atoms with Crippen molar-refractivity contribution in [3.05, 3.63) is 18.0 Å². The lowest BCUT2D eigenvalue weighted by Gasteiger charge is -2.37. The highest BCUT2D eigenvalue weighted by molar-refractivity contribution is 5.80. The maximum Gasteiger partial charge on any atom is 0.236 e. The van der Waals surface area contributed by atoms with Crippen LogP contribution in [-0.4, -0.2) is 128 Å². The maximum atomic E-state index is 12.5. The summed E-state index contributed by atoms with van der Waals surface area (Å²) < 4.78 is 7.17. The van der Waals surface area contributed by atoms with Crippen LogP contribution >= 0.6 is 0 Å². The molecule has 30 heavy (non-hydrogen) atoms. The molecule has 1 amide bonds. The van der Waals surface area contributed by atoms with Crippen LogP contribution < -0.4 is 5.32 Å². The maximum absolute atomic E-state index is 12.5. The average molecular weight is 421 g/mol. The van der Waals surface area contributed by atoms with Crippen LogP contribution in [0, 0.1) is 0 Å². The van der Waals surface area contributed by atoms with Gasteiger partial charge in [-0.25, -0.2) is 0 Å². The lowest BCUT2D eigenvalue weighted by molar-refractivity contribution is -0.136. The van der Waals surface area contributed by atoms with E-state index in [0.29, 0.717) is 32.8 Å². The minimum Gasteiger partial charge on any atom is -0.378 e. The number of guanidine groups is 1. The van der Waals surface area contributed by atoms with Crippen LogP contribution in [0.25, 0.3) is 0 Å². The normalized spacial score (nSPS) is 20.0. The molecule has 10 heteroatoms. The van der Waals surface area contributed by atoms with Gasteiger partial charge in [-0.1, -0.05) is 0 Å².